The van der Waals surface area contributed by atoms with Gasteiger partial charge in [-0.2, -0.15) is 0 Å². The van der Waals surface area contributed by atoms with E-state index in [1.165, 1.54) is 24.1 Å². The molecule has 1 nitrogen and oxygen atoms in total. The van der Waals surface area contributed by atoms with Gasteiger partial charge in [-0.05, 0) is 18.1 Å². The largest absolute Gasteiger partial charge is 0.498 e. The number of para-hydroxylation sites is 1. The lowest BCUT2D eigenvalue weighted by atomic mass is 10.0. The highest BCUT2D eigenvalue weighted by molar-refractivity contribution is 9.23. The molecule has 0 fully saturated rings. The van der Waals surface area contributed by atoms with Gasteiger partial charge in [0.25, 0.3) is 0 Å². The normalized spacial score (nSPS) is 20.6. The van der Waals surface area contributed by atoms with Gasteiger partial charge in [0.05, 0.1) is 0 Å². The number of aryl methyl sites for hydroxylation is 1. The molecule has 1 aromatic carbocycles. The van der Waals surface area contributed by atoms with E-state index in [-0.39, 0.29) is 18.2 Å². The second-order valence-corrected chi connectivity index (χ2v) is 6.43. The highest BCUT2D eigenvalue weighted by atomic mass is 79.9. The lowest BCUT2D eigenvalue weighted by molar-refractivity contribution is 0.779. The molecule has 2 rings (SSSR count). The maximum absolute atomic E-state index is 3.64. The summed E-state index contributed by atoms with van der Waals surface area (Å²) in [7, 11) is 0. The zero-order valence-corrected chi connectivity index (χ0v) is 9.89. The molecule has 1 aromatic rings. The van der Waals surface area contributed by atoms with Gasteiger partial charge in [0.1, 0.15) is 0 Å². The van der Waals surface area contributed by atoms with Gasteiger partial charge in [0.2, 0.25) is 0 Å². The summed E-state index contributed by atoms with van der Waals surface area (Å²) in [6.45, 7) is 0. The predicted octanol–water partition coefficient (Wildman–Crippen LogP) is 2.38. The molecule has 1 unspecified atom stereocenters. The van der Waals surface area contributed by atoms with Gasteiger partial charge in [0, 0.05) is 5.69 Å². The van der Waals surface area contributed by atoms with Crippen LogP contribution in [0, 0.1) is 0 Å². The highest BCUT2D eigenvalue weighted by Crippen LogP contribution is 2.23. The van der Waals surface area contributed by atoms with E-state index >= 15 is 0 Å². The van der Waals surface area contributed by atoms with E-state index in [4.69, 9.17) is 0 Å². The summed E-state index contributed by atoms with van der Waals surface area (Å²) >= 11 is 3.57. The molecule has 1 atom stereocenters. The topological polar surface area (TPSA) is 12.0 Å². The third-order valence-electron chi connectivity index (χ3n) is 2.33. The van der Waals surface area contributed by atoms with Gasteiger partial charge in [-0.15, -0.1) is 0 Å². The predicted molar refractivity (Wildman–Crippen MR) is 56.9 cm³/mol. The molecule has 0 radical (unpaired) electrons. The van der Waals surface area contributed by atoms with Gasteiger partial charge in [-0.3, -0.25) is 0 Å². The van der Waals surface area contributed by atoms with Crippen LogP contribution in [0.5, 0.6) is 0 Å². The van der Waals surface area contributed by atoms with E-state index in [0.717, 1.165) is 4.17 Å². The van der Waals surface area contributed by atoms with Gasteiger partial charge in [-0.25, -0.2) is 0 Å². The Kier molecular flexibility index (Phi) is 2.94. The van der Waals surface area contributed by atoms with Crippen LogP contribution >= 0.6 is 12.9 Å². The molecule has 3 heteroatoms. The Bertz CT molecular complexity index is 277. The first kappa shape index (κ1) is 8.85. The van der Waals surface area contributed by atoms with Gasteiger partial charge in [0.15, 0.2) is 0 Å². The first-order valence-corrected chi connectivity index (χ1v) is 9.02. The standard InChI is InChI=1S/C9H10N.BrH.Mg/c1-2-6-9-8(4-1)5-3-7-10-9;;/h1-2,4,6-7,10H,3,5H2;1H;/q;;+1/p-1. The van der Waals surface area contributed by atoms with Crippen molar-refractivity contribution in [2.45, 2.75) is 17.0 Å². The molecule has 12 heavy (non-hydrogen) atoms. The molecule has 0 amide bonds. The average Bonchev–Trinajstić information content (AvgIpc) is 2.17. The maximum Gasteiger partial charge on any atom is 0.498 e. The Morgan fingerprint density at radius 2 is 2.25 bits per heavy atom. The molecule has 1 aliphatic heterocycles. The van der Waals surface area contributed by atoms with E-state index < -0.39 is 0 Å². The van der Waals surface area contributed by atoms with Crippen LogP contribution < -0.4 is 5.32 Å². The van der Waals surface area contributed by atoms with Crippen molar-refractivity contribution in [1.29, 1.82) is 0 Å². The number of fused-ring (bicyclic) bond motifs is 1. The molecule has 0 spiro atoms. The van der Waals surface area contributed by atoms with Crippen LogP contribution in [0.25, 0.3) is 0 Å². The van der Waals surface area contributed by atoms with Crippen molar-refractivity contribution < 1.29 is 0 Å². The van der Waals surface area contributed by atoms with Crippen LogP contribution in [-0.4, -0.2) is 22.4 Å². The monoisotopic (exact) mass is 235 g/mol. The molecule has 60 valence electrons. The van der Waals surface area contributed by atoms with Crippen LogP contribution in [0.2, 0.25) is 0 Å². The van der Waals surface area contributed by atoms with Crippen molar-refractivity contribution in [3.63, 3.8) is 0 Å². The zero-order valence-electron chi connectivity index (χ0n) is 6.89. The van der Waals surface area contributed by atoms with Gasteiger partial charge >= 0.3 is 18.2 Å². The second kappa shape index (κ2) is 3.98. The first-order valence-electron chi connectivity index (χ1n) is 4.30. The minimum Gasteiger partial charge on any atom is -0.406 e. The van der Waals surface area contributed by atoms with Crippen molar-refractivity contribution in [2.24, 2.45) is 0 Å². The number of anilines is 1. The van der Waals surface area contributed by atoms with E-state index in [2.05, 4.69) is 42.5 Å². The quantitative estimate of drug-likeness (QED) is 0.738. The molecule has 1 N–H and O–H groups in total. The number of hydrogen-bond donors (Lipinski definition) is 1. The molecule has 0 bridgehead atoms. The summed E-state index contributed by atoms with van der Waals surface area (Å²) in [5, 5.41) is 3.56. The Morgan fingerprint density at radius 1 is 1.42 bits per heavy atom. The van der Waals surface area contributed by atoms with Crippen LogP contribution in [0.3, 0.4) is 0 Å². The maximum atomic E-state index is 3.64. The van der Waals surface area contributed by atoms with Crippen LogP contribution in [0.15, 0.2) is 24.3 Å². The average molecular weight is 236 g/mol. The summed E-state index contributed by atoms with van der Waals surface area (Å²) in [5.74, 6) is 0. The van der Waals surface area contributed by atoms with Gasteiger partial charge < -0.3 is 18.2 Å². The first-order chi connectivity index (χ1) is 5.90. The third kappa shape index (κ3) is 1.78. The molecule has 0 aliphatic carbocycles. The SMILES string of the molecule is [Br][Mg][CH]1CCc2ccccc2N1. The molecular weight excluding hydrogens is 226 g/mol. The number of benzene rings is 1. The number of rotatable bonds is 1. The minimum absolute atomic E-state index is 0.0699. The highest BCUT2D eigenvalue weighted by Gasteiger charge is 2.17. The lowest BCUT2D eigenvalue weighted by Gasteiger charge is -2.25. The fourth-order valence-corrected chi connectivity index (χ4v) is 3.73. The number of hydrogen-bond acceptors (Lipinski definition) is 1. The Morgan fingerprint density at radius 3 is 3.08 bits per heavy atom. The summed E-state index contributed by atoms with van der Waals surface area (Å²) in [4.78, 5) is 0. The van der Waals surface area contributed by atoms with Crippen molar-refractivity contribution in [1.82, 2.24) is 0 Å². The summed E-state index contributed by atoms with van der Waals surface area (Å²) in [6, 6.07) is 8.61. The van der Waals surface area contributed by atoms with E-state index in [1.54, 1.807) is 0 Å². The Labute approximate surface area is 88.5 Å². The molecular formula is C9H10BrMgN. The third-order valence-corrected chi connectivity index (χ3v) is 5.66. The Balaban J connectivity index is 2.23. The molecule has 0 saturated carbocycles. The van der Waals surface area contributed by atoms with E-state index in [0.29, 0.717) is 0 Å². The molecule has 0 aromatic heterocycles. The summed E-state index contributed by atoms with van der Waals surface area (Å²) < 4.78 is 0.750. The fourth-order valence-electron chi connectivity index (χ4n) is 1.62. The second-order valence-electron chi connectivity index (χ2n) is 3.19. The number of nitrogens with one attached hydrogen (secondary N) is 1. The van der Waals surface area contributed by atoms with E-state index in [1.807, 2.05) is 0 Å². The van der Waals surface area contributed by atoms with Crippen molar-refractivity contribution >= 4 is 36.8 Å². The van der Waals surface area contributed by atoms with Crippen LogP contribution in [0.1, 0.15) is 12.0 Å². The lowest BCUT2D eigenvalue weighted by Crippen LogP contribution is -2.28. The minimum atomic E-state index is -0.0699. The number of halogens is 1. The van der Waals surface area contributed by atoms with Crippen LogP contribution in [0.4, 0.5) is 5.69 Å². The van der Waals surface area contributed by atoms with E-state index in [9.17, 15) is 0 Å². The molecule has 0 saturated heterocycles. The van der Waals surface area contributed by atoms with Crippen molar-refractivity contribution in [3.8, 4) is 0 Å². The molecule has 1 heterocycles. The fraction of sp³-hybridized carbons (Fsp3) is 0.333. The van der Waals surface area contributed by atoms with Gasteiger partial charge in [-0.1, -0.05) is 28.8 Å². The van der Waals surface area contributed by atoms with Crippen molar-refractivity contribution in [3.05, 3.63) is 29.8 Å². The van der Waals surface area contributed by atoms with Crippen LogP contribution in [-0.2, 0) is 6.42 Å². The zero-order chi connectivity index (χ0) is 8.39. The summed E-state index contributed by atoms with van der Waals surface area (Å²) in [6.07, 6.45) is 2.54. The Hall–Kier alpha value is 0.266. The smallest absolute Gasteiger partial charge is 0.406 e. The summed E-state index contributed by atoms with van der Waals surface area (Å²) in [5.41, 5.74) is 2.82. The molecule has 1 aliphatic rings. The van der Waals surface area contributed by atoms with Crippen molar-refractivity contribution in [2.75, 3.05) is 5.32 Å².